The molecule has 3 nitrogen and oxygen atoms in total. The Morgan fingerprint density at radius 3 is 3.06 bits per heavy atom. The van der Waals surface area contributed by atoms with Gasteiger partial charge in [0.25, 0.3) is 5.91 Å². The molecule has 2 aromatic rings. The maximum Gasteiger partial charge on any atom is 0.251 e. The van der Waals surface area contributed by atoms with Crippen molar-refractivity contribution >= 4 is 28.8 Å². The van der Waals surface area contributed by atoms with E-state index in [1.54, 1.807) is 17.6 Å². The number of hydrogen-bond donors (Lipinski definition) is 1. The van der Waals surface area contributed by atoms with Crippen LogP contribution in [0.4, 0.5) is 0 Å². The molecular weight excluding hydrogens is 256 g/mol. The molecule has 0 atom stereocenters. The number of amides is 1. The van der Waals surface area contributed by atoms with Crippen molar-refractivity contribution in [1.82, 2.24) is 10.3 Å². The van der Waals surface area contributed by atoms with Crippen LogP contribution >= 0.6 is 22.9 Å². The Morgan fingerprint density at radius 1 is 1.47 bits per heavy atom. The van der Waals surface area contributed by atoms with Crippen LogP contribution in [0.25, 0.3) is 0 Å². The van der Waals surface area contributed by atoms with E-state index in [4.69, 9.17) is 11.6 Å². The molecule has 1 N–H and O–H groups in total. The number of nitrogens with zero attached hydrogens (tertiary/aromatic N) is 1. The summed E-state index contributed by atoms with van der Waals surface area (Å²) in [6.07, 6.45) is 0. The molecule has 1 aromatic carbocycles. The SMILES string of the molecule is O=C(NCc1cscn1)c1cccc(CCl)c1. The Hall–Kier alpha value is -1.39. The van der Waals surface area contributed by atoms with Crippen LogP contribution in [-0.2, 0) is 12.4 Å². The van der Waals surface area contributed by atoms with Gasteiger partial charge in [-0.1, -0.05) is 12.1 Å². The lowest BCUT2D eigenvalue weighted by molar-refractivity contribution is 0.0950. The predicted octanol–water partition coefficient (Wildman–Crippen LogP) is 2.81. The van der Waals surface area contributed by atoms with Crippen LogP contribution in [0.2, 0.25) is 0 Å². The van der Waals surface area contributed by atoms with Crippen molar-refractivity contribution in [2.75, 3.05) is 0 Å². The molecule has 0 aliphatic rings. The van der Waals surface area contributed by atoms with E-state index in [0.29, 0.717) is 18.0 Å². The molecular formula is C12H11ClN2OS. The van der Waals surface area contributed by atoms with Crippen molar-refractivity contribution in [3.63, 3.8) is 0 Å². The monoisotopic (exact) mass is 266 g/mol. The van der Waals surface area contributed by atoms with Crippen molar-refractivity contribution in [2.24, 2.45) is 0 Å². The van der Waals surface area contributed by atoms with E-state index >= 15 is 0 Å². The van der Waals surface area contributed by atoms with Gasteiger partial charge in [-0.3, -0.25) is 4.79 Å². The zero-order valence-electron chi connectivity index (χ0n) is 9.02. The summed E-state index contributed by atoms with van der Waals surface area (Å²) in [7, 11) is 0. The van der Waals surface area contributed by atoms with E-state index in [1.807, 2.05) is 17.5 Å². The zero-order chi connectivity index (χ0) is 12.1. The van der Waals surface area contributed by atoms with Gasteiger partial charge < -0.3 is 5.32 Å². The lowest BCUT2D eigenvalue weighted by atomic mass is 10.1. The summed E-state index contributed by atoms with van der Waals surface area (Å²) >= 11 is 7.23. The van der Waals surface area contributed by atoms with Crippen molar-refractivity contribution in [1.29, 1.82) is 0 Å². The summed E-state index contributed by atoms with van der Waals surface area (Å²) in [5.41, 5.74) is 4.18. The van der Waals surface area contributed by atoms with Gasteiger partial charge in [0.1, 0.15) is 0 Å². The molecule has 0 saturated heterocycles. The Balaban J connectivity index is 1.99. The molecule has 0 bridgehead atoms. The van der Waals surface area contributed by atoms with Crippen LogP contribution in [0.15, 0.2) is 35.2 Å². The van der Waals surface area contributed by atoms with E-state index in [9.17, 15) is 4.79 Å². The molecule has 0 aliphatic heterocycles. The standard InChI is InChI=1S/C12H11ClN2OS/c13-5-9-2-1-3-10(4-9)12(16)14-6-11-7-17-8-15-11/h1-4,7-8H,5-6H2,(H,14,16). The third-order valence-electron chi connectivity index (χ3n) is 2.26. The van der Waals surface area contributed by atoms with Crippen LogP contribution < -0.4 is 5.32 Å². The third-order valence-corrected chi connectivity index (χ3v) is 3.20. The van der Waals surface area contributed by atoms with Gasteiger partial charge in [0.05, 0.1) is 17.7 Å². The largest absolute Gasteiger partial charge is 0.346 e. The minimum Gasteiger partial charge on any atom is -0.346 e. The smallest absolute Gasteiger partial charge is 0.251 e. The molecule has 1 aromatic heterocycles. The van der Waals surface area contributed by atoms with Gasteiger partial charge in [-0.05, 0) is 17.7 Å². The van der Waals surface area contributed by atoms with Gasteiger partial charge in [0.15, 0.2) is 0 Å². The van der Waals surface area contributed by atoms with Gasteiger partial charge in [-0.15, -0.1) is 22.9 Å². The maximum atomic E-state index is 11.8. The number of carbonyl (C=O) groups excluding carboxylic acids is 1. The lowest BCUT2D eigenvalue weighted by Gasteiger charge is -2.04. The van der Waals surface area contributed by atoms with E-state index in [2.05, 4.69) is 10.3 Å². The van der Waals surface area contributed by atoms with Crippen molar-refractivity contribution in [2.45, 2.75) is 12.4 Å². The summed E-state index contributed by atoms with van der Waals surface area (Å²) in [6, 6.07) is 7.29. The zero-order valence-corrected chi connectivity index (χ0v) is 10.6. The number of hydrogen-bond acceptors (Lipinski definition) is 3. The van der Waals surface area contributed by atoms with Gasteiger partial charge >= 0.3 is 0 Å². The molecule has 2 rings (SSSR count). The first kappa shape index (κ1) is 12.1. The second-order valence-corrected chi connectivity index (χ2v) is 4.48. The van der Waals surface area contributed by atoms with Crippen LogP contribution in [0, 0.1) is 0 Å². The number of benzene rings is 1. The normalized spacial score (nSPS) is 10.2. The van der Waals surface area contributed by atoms with Crippen molar-refractivity contribution in [3.8, 4) is 0 Å². The highest BCUT2D eigenvalue weighted by Crippen LogP contribution is 2.08. The van der Waals surface area contributed by atoms with E-state index in [1.165, 1.54) is 11.3 Å². The van der Waals surface area contributed by atoms with Gasteiger partial charge in [-0.25, -0.2) is 4.98 Å². The molecule has 1 heterocycles. The van der Waals surface area contributed by atoms with Gasteiger partial charge in [0, 0.05) is 16.8 Å². The fourth-order valence-electron chi connectivity index (χ4n) is 1.39. The fraction of sp³-hybridized carbons (Fsp3) is 0.167. The number of alkyl halides is 1. The summed E-state index contributed by atoms with van der Waals surface area (Å²) < 4.78 is 0. The Kier molecular flexibility index (Phi) is 4.12. The summed E-state index contributed by atoms with van der Waals surface area (Å²) in [5, 5.41) is 4.73. The highest BCUT2D eigenvalue weighted by Gasteiger charge is 2.06. The molecule has 0 spiro atoms. The van der Waals surface area contributed by atoms with Gasteiger partial charge in [-0.2, -0.15) is 0 Å². The quantitative estimate of drug-likeness (QED) is 0.865. The second-order valence-electron chi connectivity index (χ2n) is 3.50. The second kappa shape index (κ2) is 5.80. The molecule has 0 fully saturated rings. The molecule has 88 valence electrons. The number of aromatic nitrogens is 1. The highest BCUT2D eigenvalue weighted by molar-refractivity contribution is 7.07. The summed E-state index contributed by atoms with van der Waals surface area (Å²) in [6.45, 7) is 0.452. The van der Waals surface area contributed by atoms with E-state index in [0.717, 1.165) is 11.3 Å². The minimum absolute atomic E-state index is 0.107. The van der Waals surface area contributed by atoms with Crippen LogP contribution in [0.1, 0.15) is 21.6 Å². The summed E-state index contributed by atoms with van der Waals surface area (Å²) in [5.74, 6) is 0.303. The van der Waals surface area contributed by atoms with Crippen LogP contribution in [0.3, 0.4) is 0 Å². The number of rotatable bonds is 4. The summed E-state index contributed by atoms with van der Waals surface area (Å²) in [4.78, 5) is 15.9. The molecule has 0 saturated carbocycles. The number of thiazole rings is 1. The highest BCUT2D eigenvalue weighted by atomic mass is 35.5. The number of nitrogens with one attached hydrogen (secondary N) is 1. The first-order valence-electron chi connectivity index (χ1n) is 5.10. The predicted molar refractivity (Wildman–Crippen MR) is 69.3 cm³/mol. The average Bonchev–Trinajstić information content (AvgIpc) is 2.89. The number of halogens is 1. The van der Waals surface area contributed by atoms with Crippen LogP contribution in [0.5, 0.6) is 0 Å². The van der Waals surface area contributed by atoms with Crippen molar-refractivity contribution in [3.05, 3.63) is 52.0 Å². The first-order valence-corrected chi connectivity index (χ1v) is 6.57. The van der Waals surface area contributed by atoms with E-state index < -0.39 is 0 Å². The fourth-order valence-corrected chi connectivity index (χ4v) is 2.12. The van der Waals surface area contributed by atoms with E-state index in [-0.39, 0.29) is 5.91 Å². The molecule has 0 aliphatic carbocycles. The minimum atomic E-state index is -0.107. The topological polar surface area (TPSA) is 42.0 Å². The maximum absolute atomic E-state index is 11.8. The lowest BCUT2D eigenvalue weighted by Crippen LogP contribution is -2.22. The number of carbonyl (C=O) groups is 1. The Labute approximate surface area is 108 Å². The first-order chi connectivity index (χ1) is 8.29. The molecule has 1 amide bonds. The average molecular weight is 267 g/mol. The third kappa shape index (κ3) is 3.28. The molecule has 0 radical (unpaired) electrons. The molecule has 17 heavy (non-hydrogen) atoms. The Morgan fingerprint density at radius 2 is 2.35 bits per heavy atom. The van der Waals surface area contributed by atoms with Crippen LogP contribution in [-0.4, -0.2) is 10.9 Å². The van der Waals surface area contributed by atoms with Crippen molar-refractivity contribution < 1.29 is 4.79 Å². The molecule has 5 heteroatoms. The van der Waals surface area contributed by atoms with Gasteiger partial charge in [0.2, 0.25) is 0 Å². The molecule has 0 unspecified atom stereocenters. The Bertz CT molecular complexity index is 499.